The number of carbonyl (C=O) groups excluding carboxylic acids is 1. The molecule has 1 atom stereocenters. The van der Waals surface area contributed by atoms with Crippen molar-refractivity contribution in [3.05, 3.63) is 0 Å². The number of hydrogen-bond acceptors (Lipinski definition) is 1. The predicted molar refractivity (Wildman–Crippen MR) is 76.5 cm³/mol. The summed E-state index contributed by atoms with van der Waals surface area (Å²) in [5.41, 5.74) is 0. The molecule has 0 bridgehead atoms. The smallest absolute Gasteiger partial charge is 0.138 e. The first-order chi connectivity index (χ1) is 8.72. The van der Waals surface area contributed by atoms with E-state index in [9.17, 15) is 4.79 Å². The van der Waals surface area contributed by atoms with Crippen LogP contribution in [0.25, 0.3) is 0 Å². The Bertz CT molecular complexity index is 257. The van der Waals surface area contributed by atoms with E-state index in [4.69, 9.17) is 0 Å². The lowest BCUT2D eigenvalue weighted by Gasteiger charge is -2.36. The highest BCUT2D eigenvalue weighted by Gasteiger charge is 2.32. The largest absolute Gasteiger partial charge is 0.299 e. The van der Waals surface area contributed by atoms with Crippen LogP contribution in [-0.4, -0.2) is 5.78 Å². The van der Waals surface area contributed by atoms with E-state index < -0.39 is 0 Å². The average molecular weight is 250 g/mol. The lowest BCUT2D eigenvalue weighted by atomic mass is 9.69. The van der Waals surface area contributed by atoms with E-state index in [1.165, 1.54) is 57.8 Å². The predicted octanol–water partition coefficient (Wildman–Crippen LogP) is 4.99. The molecule has 0 saturated heterocycles. The molecule has 104 valence electrons. The molecule has 0 N–H and O–H groups in total. The molecule has 2 saturated carbocycles. The molecule has 2 rings (SSSR count). The van der Waals surface area contributed by atoms with Gasteiger partial charge in [0, 0.05) is 11.8 Å². The molecule has 1 unspecified atom stereocenters. The van der Waals surface area contributed by atoms with Gasteiger partial charge in [-0.2, -0.15) is 0 Å². The summed E-state index contributed by atoms with van der Waals surface area (Å²) in [5.74, 6) is 3.20. The Hall–Kier alpha value is -0.330. The minimum absolute atomic E-state index is 0.293. The summed E-state index contributed by atoms with van der Waals surface area (Å²) in [5, 5.41) is 0. The van der Waals surface area contributed by atoms with Crippen LogP contribution in [0.15, 0.2) is 0 Å². The summed E-state index contributed by atoms with van der Waals surface area (Å²) in [4.78, 5) is 12.2. The summed E-state index contributed by atoms with van der Waals surface area (Å²) in [7, 11) is 0. The van der Waals surface area contributed by atoms with Crippen LogP contribution in [0.1, 0.15) is 78.1 Å². The topological polar surface area (TPSA) is 17.1 Å². The molecule has 2 aliphatic rings. The van der Waals surface area contributed by atoms with Gasteiger partial charge in [-0.05, 0) is 43.9 Å². The summed E-state index contributed by atoms with van der Waals surface area (Å²) in [6, 6.07) is 0. The molecule has 1 heteroatoms. The van der Waals surface area contributed by atoms with Crippen molar-refractivity contribution < 1.29 is 4.79 Å². The monoisotopic (exact) mass is 250 g/mol. The zero-order valence-corrected chi connectivity index (χ0v) is 12.3. The van der Waals surface area contributed by atoms with Gasteiger partial charge >= 0.3 is 0 Å². The van der Waals surface area contributed by atoms with Crippen LogP contribution in [0.2, 0.25) is 0 Å². The van der Waals surface area contributed by atoms with Crippen LogP contribution in [-0.2, 0) is 4.79 Å². The molecule has 0 spiro atoms. The fourth-order valence-corrected chi connectivity index (χ4v) is 4.08. The van der Waals surface area contributed by atoms with E-state index in [1.54, 1.807) is 0 Å². The summed E-state index contributed by atoms with van der Waals surface area (Å²) >= 11 is 0. The van der Waals surface area contributed by atoms with E-state index in [0.717, 1.165) is 18.3 Å². The van der Waals surface area contributed by atoms with Gasteiger partial charge in [-0.25, -0.2) is 0 Å². The van der Waals surface area contributed by atoms with Gasteiger partial charge in [-0.15, -0.1) is 0 Å². The van der Waals surface area contributed by atoms with E-state index in [-0.39, 0.29) is 0 Å². The normalized spacial score (nSPS) is 32.1. The Labute approximate surface area is 113 Å². The van der Waals surface area contributed by atoms with Crippen LogP contribution in [0, 0.1) is 23.7 Å². The van der Waals surface area contributed by atoms with Gasteiger partial charge in [0.25, 0.3) is 0 Å². The van der Waals surface area contributed by atoms with Gasteiger partial charge in [0.05, 0.1) is 0 Å². The number of ketones is 1. The molecule has 0 amide bonds. The molecule has 0 aromatic carbocycles. The second kappa shape index (κ2) is 6.73. The molecule has 0 radical (unpaired) electrons. The molecule has 0 aromatic heterocycles. The van der Waals surface area contributed by atoms with Crippen molar-refractivity contribution in [1.29, 1.82) is 0 Å². The van der Waals surface area contributed by atoms with Gasteiger partial charge < -0.3 is 0 Å². The Morgan fingerprint density at radius 3 is 2.06 bits per heavy atom. The van der Waals surface area contributed by atoms with Gasteiger partial charge in [0.15, 0.2) is 0 Å². The van der Waals surface area contributed by atoms with Crippen molar-refractivity contribution in [2.45, 2.75) is 78.1 Å². The van der Waals surface area contributed by atoms with Gasteiger partial charge in [0.2, 0.25) is 0 Å². The van der Waals surface area contributed by atoms with Crippen molar-refractivity contribution in [2.75, 3.05) is 0 Å². The van der Waals surface area contributed by atoms with Crippen molar-refractivity contribution in [2.24, 2.45) is 23.7 Å². The van der Waals surface area contributed by atoms with Crippen LogP contribution in [0.5, 0.6) is 0 Å². The number of carbonyl (C=O) groups is 1. The van der Waals surface area contributed by atoms with E-state index in [1.807, 2.05) is 0 Å². The van der Waals surface area contributed by atoms with Crippen LogP contribution in [0.3, 0.4) is 0 Å². The third-order valence-corrected chi connectivity index (χ3v) is 5.59. The summed E-state index contributed by atoms with van der Waals surface area (Å²) < 4.78 is 0. The van der Waals surface area contributed by atoms with Crippen molar-refractivity contribution in [3.63, 3.8) is 0 Å². The fourth-order valence-electron chi connectivity index (χ4n) is 4.08. The number of hydrogen-bond donors (Lipinski definition) is 0. The maximum absolute atomic E-state index is 12.2. The Morgan fingerprint density at radius 2 is 1.50 bits per heavy atom. The zero-order chi connectivity index (χ0) is 13.0. The quantitative estimate of drug-likeness (QED) is 0.687. The van der Waals surface area contributed by atoms with Gasteiger partial charge in [-0.3, -0.25) is 4.79 Å². The Kier molecular flexibility index (Phi) is 5.26. The lowest BCUT2D eigenvalue weighted by Crippen LogP contribution is -2.29. The number of rotatable bonds is 4. The van der Waals surface area contributed by atoms with Crippen LogP contribution >= 0.6 is 0 Å². The molecule has 0 aliphatic heterocycles. The second-order valence-electron chi connectivity index (χ2n) is 6.72. The summed E-state index contributed by atoms with van der Waals surface area (Å²) in [6.07, 6.45) is 13.3. The molecule has 1 nitrogen and oxygen atoms in total. The highest BCUT2D eigenvalue weighted by Crippen LogP contribution is 2.40. The maximum atomic E-state index is 12.2. The average Bonchev–Trinajstić information content (AvgIpc) is 2.47. The molecule has 0 heterocycles. The Balaban J connectivity index is 1.78. The summed E-state index contributed by atoms with van der Waals surface area (Å²) in [6.45, 7) is 4.24. The highest BCUT2D eigenvalue weighted by molar-refractivity contribution is 5.83. The minimum Gasteiger partial charge on any atom is -0.299 e. The molecule has 0 aromatic rings. The molecule has 2 fully saturated rings. The molecule has 2 aliphatic carbocycles. The molecular formula is C17H30O. The van der Waals surface area contributed by atoms with Crippen LogP contribution in [0.4, 0.5) is 0 Å². The highest BCUT2D eigenvalue weighted by atomic mass is 16.1. The zero-order valence-electron chi connectivity index (χ0n) is 12.3. The van der Waals surface area contributed by atoms with E-state index in [2.05, 4.69) is 13.8 Å². The van der Waals surface area contributed by atoms with Gasteiger partial charge in [0.1, 0.15) is 5.78 Å². The SMILES string of the molecule is CCC(C)C(=O)C1CCC(C2CCCCC2)CC1. The first-order valence-corrected chi connectivity index (χ1v) is 8.26. The Morgan fingerprint density at radius 1 is 0.944 bits per heavy atom. The fraction of sp³-hybridized carbons (Fsp3) is 0.941. The first-order valence-electron chi connectivity index (χ1n) is 8.26. The standard InChI is InChI=1S/C17H30O/c1-3-13(2)17(18)16-11-9-15(10-12-16)14-7-5-4-6-8-14/h13-16H,3-12H2,1-2H3. The lowest BCUT2D eigenvalue weighted by molar-refractivity contribution is -0.127. The van der Waals surface area contributed by atoms with Gasteiger partial charge in [-0.1, -0.05) is 46.0 Å². The molecular weight excluding hydrogens is 220 g/mol. The van der Waals surface area contributed by atoms with Crippen LogP contribution < -0.4 is 0 Å². The number of Topliss-reactive ketones (excluding diaryl/α,β-unsaturated/α-hetero) is 1. The molecule has 18 heavy (non-hydrogen) atoms. The maximum Gasteiger partial charge on any atom is 0.138 e. The minimum atomic E-state index is 0.293. The van der Waals surface area contributed by atoms with E-state index >= 15 is 0 Å². The third kappa shape index (κ3) is 3.36. The van der Waals surface area contributed by atoms with Crippen molar-refractivity contribution in [1.82, 2.24) is 0 Å². The van der Waals surface area contributed by atoms with Crippen molar-refractivity contribution in [3.8, 4) is 0 Å². The first kappa shape index (κ1) is 14.1. The second-order valence-corrected chi connectivity index (χ2v) is 6.72. The van der Waals surface area contributed by atoms with Crippen molar-refractivity contribution >= 4 is 5.78 Å². The third-order valence-electron chi connectivity index (χ3n) is 5.59. The van der Waals surface area contributed by atoms with E-state index in [0.29, 0.717) is 17.6 Å².